The number of nitrogens with one attached hydrogen (secondary N) is 2. The standard InChI is InChI=1S/C8H16N2O3S/c1-2-10-8(11)6-14(12,13)5-7-3-9-4-7/h7,9H,2-6H2,1H3,(H,10,11). The van der Waals surface area contributed by atoms with Crippen molar-refractivity contribution in [3.63, 3.8) is 0 Å². The molecule has 14 heavy (non-hydrogen) atoms. The SMILES string of the molecule is CCNC(=O)CS(=O)(=O)CC1CNC1. The normalized spacial score (nSPS) is 17.5. The van der Waals surface area contributed by atoms with Crippen molar-refractivity contribution in [1.82, 2.24) is 10.6 Å². The van der Waals surface area contributed by atoms with Crippen LogP contribution in [0.25, 0.3) is 0 Å². The summed E-state index contributed by atoms with van der Waals surface area (Å²) in [5, 5.41) is 5.47. The highest BCUT2D eigenvalue weighted by Gasteiger charge is 2.25. The van der Waals surface area contributed by atoms with E-state index in [4.69, 9.17) is 0 Å². The molecule has 82 valence electrons. The van der Waals surface area contributed by atoms with E-state index in [9.17, 15) is 13.2 Å². The molecule has 1 saturated heterocycles. The Morgan fingerprint density at radius 2 is 2.14 bits per heavy atom. The zero-order valence-electron chi connectivity index (χ0n) is 8.25. The van der Waals surface area contributed by atoms with Gasteiger partial charge < -0.3 is 10.6 Å². The van der Waals surface area contributed by atoms with E-state index in [2.05, 4.69) is 10.6 Å². The molecular weight excluding hydrogens is 204 g/mol. The van der Waals surface area contributed by atoms with Crippen LogP contribution in [0.3, 0.4) is 0 Å². The molecule has 1 fully saturated rings. The van der Waals surface area contributed by atoms with Gasteiger partial charge in [0.2, 0.25) is 5.91 Å². The number of sulfone groups is 1. The van der Waals surface area contributed by atoms with Crippen LogP contribution in [0.1, 0.15) is 6.92 Å². The van der Waals surface area contributed by atoms with E-state index in [1.165, 1.54) is 0 Å². The maximum atomic E-state index is 11.4. The second-order valence-electron chi connectivity index (χ2n) is 3.53. The average molecular weight is 220 g/mol. The molecule has 0 bridgehead atoms. The van der Waals surface area contributed by atoms with E-state index in [-0.39, 0.29) is 17.4 Å². The van der Waals surface area contributed by atoms with Crippen molar-refractivity contribution in [3.8, 4) is 0 Å². The van der Waals surface area contributed by atoms with E-state index in [1.54, 1.807) is 6.92 Å². The summed E-state index contributed by atoms with van der Waals surface area (Å²) in [6, 6.07) is 0. The number of carbonyl (C=O) groups excluding carboxylic acids is 1. The lowest BCUT2D eigenvalue weighted by Gasteiger charge is -2.26. The third-order valence-electron chi connectivity index (χ3n) is 2.08. The number of hydrogen-bond acceptors (Lipinski definition) is 4. The van der Waals surface area contributed by atoms with Crippen molar-refractivity contribution >= 4 is 15.7 Å². The highest BCUT2D eigenvalue weighted by atomic mass is 32.2. The Morgan fingerprint density at radius 1 is 1.50 bits per heavy atom. The van der Waals surface area contributed by atoms with Gasteiger partial charge in [-0.25, -0.2) is 8.42 Å². The lowest BCUT2D eigenvalue weighted by atomic mass is 10.1. The Labute approximate surface area is 84.2 Å². The summed E-state index contributed by atoms with van der Waals surface area (Å²) >= 11 is 0. The summed E-state index contributed by atoms with van der Waals surface area (Å²) in [7, 11) is -3.22. The first kappa shape index (κ1) is 11.5. The molecule has 0 atom stereocenters. The van der Waals surface area contributed by atoms with Gasteiger partial charge in [0.1, 0.15) is 5.75 Å². The van der Waals surface area contributed by atoms with Crippen LogP contribution in [0.2, 0.25) is 0 Å². The van der Waals surface area contributed by atoms with Gasteiger partial charge in [-0.3, -0.25) is 4.79 Å². The topological polar surface area (TPSA) is 75.3 Å². The fourth-order valence-corrected chi connectivity index (χ4v) is 2.91. The van der Waals surface area contributed by atoms with Gasteiger partial charge >= 0.3 is 0 Å². The maximum absolute atomic E-state index is 11.4. The molecule has 0 aromatic heterocycles. The molecule has 0 aliphatic carbocycles. The van der Waals surface area contributed by atoms with Crippen molar-refractivity contribution in [2.45, 2.75) is 6.92 Å². The average Bonchev–Trinajstić information content (AvgIpc) is 1.96. The second kappa shape index (κ2) is 4.75. The van der Waals surface area contributed by atoms with Gasteiger partial charge in [-0.05, 0) is 12.8 Å². The third kappa shape index (κ3) is 3.63. The van der Waals surface area contributed by atoms with Gasteiger partial charge in [-0.1, -0.05) is 0 Å². The van der Waals surface area contributed by atoms with Gasteiger partial charge in [0.15, 0.2) is 9.84 Å². The van der Waals surface area contributed by atoms with Crippen LogP contribution >= 0.6 is 0 Å². The van der Waals surface area contributed by atoms with Gasteiger partial charge in [0.25, 0.3) is 0 Å². The summed E-state index contributed by atoms with van der Waals surface area (Å²) in [6.45, 7) is 3.73. The van der Waals surface area contributed by atoms with Crippen molar-refractivity contribution in [1.29, 1.82) is 0 Å². The number of carbonyl (C=O) groups is 1. The Morgan fingerprint density at radius 3 is 2.57 bits per heavy atom. The summed E-state index contributed by atoms with van der Waals surface area (Å²) < 4.78 is 22.9. The third-order valence-corrected chi connectivity index (χ3v) is 3.76. The van der Waals surface area contributed by atoms with E-state index in [1.807, 2.05) is 0 Å². The number of amides is 1. The molecule has 0 radical (unpaired) electrons. The minimum absolute atomic E-state index is 0.122. The fourth-order valence-electron chi connectivity index (χ4n) is 1.33. The molecular formula is C8H16N2O3S. The lowest BCUT2D eigenvalue weighted by molar-refractivity contribution is -0.118. The Balaban J connectivity index is 2.36. The highest BCUT2D eigenvalue weighted by Crippen LogP contribution is 2.07. The van der Waals surface area contributed by atoms with Crippen LogP contribution in [0.5, 0.6) is 0 Å². The predicted octanol–water partition coefficient (Wildman–Crippen LogP) is -1.24. The van der Waals surface area contributed by atoms with Crippen LogP contribution in [0.15, 0.2) is 0 Å². The van der Waals surface area contributed by atoms with Gasteiger partial charge in [-0.2, -0.15) is 0 Å². The van der Waals surface area contributed by atoms with Crippen LogP contribution in [0, 0.1) is 5.92 Å². The Bertz CT molecular complexity index is 296. The van der Waals surface area contributed by atoms with Crippen LogP contribution in [0.4, 0.5) is 0 Å². The molecule has 1 aliphatic rings. The van der Waals surface area contributed by atoms with E-state index in [0.29, 0.717) is 6.54 Å². The van der Waals surface area contributed by atoms with E-state index in [0.717, 1.165) is 13.1 Å². The van der Waals surface area contributed by atoms with Crippen LogP contribution in [-0.4, -0.2) is 45.5 Å². The number of rotatable bonds is 5. The molecule has 5 nitrogen and oxygen atoms in total. The summed E-state index contributed by atoms with van der Waals surface area (Å²) in [5.41, 5.74) is 0. The van der Waals surface area contributed by atoms with Crippen molar-refractivity contribution < 1.29 is 13.2 Å². The monoisotopic (exact) mass is 220 g/mol. The Hall–Kier alpha value is -0.620. The fraction of sp³-hybridized carbons (Fsp3) is 0.875. The Kier molecular flexibility index (Phi) is 3.88. The molecule has 0 aromatic rings. The molecule has 0 unspecified atom stereocenters. The summed E-state index contributed by atoms with van der Waals surface area (Å²) in [5.74, 6) is -0.469. The number of hydrogen-bond donors (Lipinski definition) is 2. The smallest absolute Gasteiger partial charge is 0.235 e. The van der Waals surface area contributed by atoms with E-state index >= 15 is 0 Å². The summed E-state index contributed by atoms with van der Waals surface area (Å²) in [6.07, 6.45) is 0. The minimum atomic E-state index is -3.22. The molecule has 0 saturated carbocycles. The van der Waals surface area contributed by atoms with Crippen molar-refractivity contribution in [3.05, 3.63) is 0 Å². The van der Waals surface area contributed by atoms with Crippen molar-refractivity contribution in [2.24, 2.45) is 5.92 Å². The zero-order valence-corrected chi connectivity index (χ0v) is 9.06. The largest absolute Gasteiger partial charge is 0.356 e. The van der Waals surface area contributed by atoms with Crippen LogP contribution in [-0.2, 0) is 14.6 Å². The van der Waals surface area contributed by atoms with Crippen molar-refractivity contribution in [2.75, 3.05) is 31.1 Å². The quantitative estimate of drug-likeness (QED) is 0.607. The van der Waals surface area contributed by atoms with Crippen LogP contribution < -0.4 is 10.6 Å². The second-order valence-corrected chi connectivity index (χ2v) is 5.64. The molecule has 0 aromatic carbocycles. The molecule has 1 heterocycles. The van der Waals surface area contributed by atoms with Gasteiger partial charge in [0, 0.05) is 19.6 Å². The first-order valence-electron chi connectivity index (χ1n) is 4.71. The first-order chi connectivity index (χ1) is 6.53. The predicted molar refractivity (Wildman–Crippen MR) is 53.7 cm³/mol. The molecule has 0 spiro atoms. The molecule has 1 amide bonds. The lowest BCUT2D eigenvalue weighted by Crippen LogP contribution is -2.46. The molecule has 2 N–H and O–H groups in total. The van der Waals surface area contributed by atoms with E-state index < -0.39 is 15.7 Å². The first-order valence-corrected chi connectivity index (χ1v) is 6.53. The maximum Gasteiger partial charge on any atom is 0.235 e. The summed E-state index contributed by atoms with van der Waals surface area (Å²) in [4.78, 5) is 11.0. The molecule has 6 heteroatoms. The molecule has 1 aliphatic heterocycles. The zero-order chi connectivity index (χ0) is 10.6. The molecule has 1 rings (SSSR count). The highest BCUT2D eigenvalue weighted by molar-refractivity contribution is 7.92. The van der Waals surface area contributed by atoms with Gasteiger partial charge in [-0.15, -0.1) is 0 Å². The van der Waals surface area contributed by atoms with Gasteiger partial charge in [0.05, 0.1) is 5.75 Å². The minimum Gasteiger partial charge on any atom is -0.356 e.